The number of carbonyl (C=O) groups is 1. The van der Waals surface area contributed by atoms with Crippen LogP contribution in [-0.2, 0) is 4.79 Å². The van der Waals surface area contributed by atoms with E-state index in [-0.39, 0.29) is 5.78 Å². The molecule has 0 rings (SSSR count). The highest BCUT2D eigenvalue weighted by molar-refractivity contribution is 5.77. The van der Waals surface area contributed by atoms with Crippen LogP contribution in [-0.4, -0.2) is 5.78 Å². The van der Waals surface area contributed by atoms with Crippen LogP contribution in [0.2, 0.25) is 0 Å². The summed E-state index contributed by atoms with van der Waals surface area (Å²) in [6, 6.07) is 0. The summed E-state index contributed by atoms with van der Waals surface area (Å²) < 4.78 is 0. The summed E-state index contributed by atoms with van der Waals surface area (Å²) >= 11 is 0. The summed E-state index contributed by atoms with van der Waals surface area (Å²) in [5, 5.41) is 0. The second-order valence-electron chi connectivity index (χ2n) is 3.50. The number of ketones is 1. The molecule has 76 valence electrons. The first-order valence-electron chi connectivity index (χ1n) is 4.62. The number of hydrogen-bond donors (Lipinski definition) is 0. The molecule has 1 heteroatoms. The maximum atomic E-state index is 10.7. The molecule has 0 amide bonds. The molecule has 0 saturated carbocycles. The summed E-state index contributed by atoms with van der Waals surface area (Å²) in [5.74, 6) is 0.168. The zero-order valence-electron chi connectivity index (χ0n) is 9.26. The van der Waals surface area contributed by atoms with Gasteiger partial charge in [-0.1, -0.05) is 37.0 Å². The Morgan fingerprint density at radius 2 is 1.71 bits per heavy atom. The molecular weight excluding hydrogens is 172 g/mol. The highest BCUT2D eigenvalue weighted by Crippen LogP contribution is 2.10. The highest BCUT2D eigenvalue weighted by atomic mass is 16.1. The lowest BCUT2D eigenvalue weighted by Crippen LogP contribution is -1.87. The number of Topliss-reactive ketones (excluding diaryl/α,β-unsaturated/α-hetero) is 1. The Bertz CT molecular complexity index is 303. The zero-order chi connectivity index (χ0) is 11.1. The van der Waals surface area contributed by atoms with E-state index in [0.29, 0.717) is 6.42 Å². The summed E-state index contributed by atoms with van der Waals surface area (Å²) in [5.41, 5.74) is 2.96. The van der Waals surface area contributed by atoms with E-state index in [4.69, 9.17) is 0 Å². The number of rotatable bonds is 5. The van der Waals surface area contributed by atoms with Gasteiger partial charge < -0.3 is 0 Å². The van der Waals surface area contributed by atoms with Gasteiger partial charge in [0.1, 0.15) is 5.78 Å². The van der Waals surface area contributed by atoms with Crippen LogP contribution < -0.4 is 0 Å². The topological polar surface area (TPSA) is 17.1 Å². The number of carbonyl (C=O) groups excluding carboxylic acids is 1. The van der Waals surface area contributed by atoms with Gasteiger partial charge in [0.05, 0.1) is 0 Å². The fourth-order valence-corrected chi connectivity index (χ4v) is 0.802. The van der Waals surface area contributed by atoms with E-state index in [2.05, 4.69) is 13.2 Å². The Balaban J connectivity index is 4.32. The standard InChI is InChI=1S/C13H18O/c1-10(2)6-7-11(3)12(4)8-9-13(5)14/h6-8H,1,3,9H2,2,4-5H3/b7-6-,12-8+. The van der Waals surface area contributed by atoms with E-state index in [9.17, 15) is 4.79 Å². The molecule has 0 unspecified atom stereocenters. The molecule has 1 nitrogen and oxygen atoms in total. The van der Waals surface area contributed by atoms with Gasteiger partial charge in [0.2, 0.25) is 0 Å². The lowest BCUT2D eigenvalue weighted by Gasteiger charge is -1.99. The van der Waals surface area contributed by atoms with Crippen LogP contribution in [0, 0.1) is 0 Å². The van der Waals surface area contributed by atoms with Crippen LogP contribution in [0.15, 0.2) is 48.1 Å². The normalized spacial score (nSPS) is 11.8. The first-order chi connectivity index (χ1) is 6.43. The molecular formula is C13H18O. The molecule has 0 aromatic carbocycles. The molecule has 0 fully saturated rings. The molecule has 0 heterocycles. The van der Waals surface area contributed by atoms with Gasteiger partial charge in [-0.05, 0) is 31.9 Å². The van der Waals surface area contributed by atoms with Gasteiger partial charge in [-0.25, -0.2) is 0 Å². The minimum Gasteiger partial charge on any atom is -0.300 e. The molecule has 0 N–H and O–H groups in total. The first kappa shape index (κ1) is 12.6. The summed E-state index contributed by atoms with van der Waals surface area (Å²) in [4.78, 5) is 10.7. The van der Waals surface area contributed by atoms with Crippen molar-refractivity contribution in [2.24, 2.45) is 0 Å². The summed E-state index contributed by atoms with van der Waals surface area (Å²) in [7, 11) is 0. The van der Waals surface area contributed by atoms with Crippen LogP contribution in [0.1, 0.15) is 27.2 Å². The van der Waals surface area contributed by atoms with E-state index in [1.54, 1.807) is 6.92 Å². The molecule has 14 heavy (non-hydrogen) atoms. The SMILES string of the molecule is C=C(C)/C=C\C(=C)/C(C)=C/CC(C)=O. The van der Waals surface area contributed by atoms with E-state index in [0.717, 1.165) is 16.7 Å². The summed E-state index contributed by atoms with van der Waals surface area (Å²) in [6.07, 6.45) is 6.20. The van der Waals surface area contributed by atoms with Crippen LogP contribution in [0.5, 0.6) is 0 Å². The van der Waals surface area contributed by atoms with Gasteiger partial charge in [-0.3, -0.25) is 4.79 Å². The van der Waals surface area contributed by atoms with Crippen molar-refractivity contribution in [3.8, 4) is 0 Å². The molecule has 0 saturated heterocycles. The molecule has 0 aromatic rings. The highest BCUT2D eigenvalue weighted by Gasteiger charge is 1.93. The van der Waals surface area contributed by atoms with Crippen molar-refractivity contribution < 1.29 is 4.79 Å². The van der Waals surface area contributed by atoms with Crippen molar-refractivity contribution in [3.63, 3.8) is 0 Å². The van der Waals surface area contributed by atoms with E-state index in [1.165, 1.54) is 0 Å². The van der Waals surface area contributed by atoms with Gasteiger partial charge >= 0.3 is 0 Å². The monoisotopic (exact) mass is 190 g/mol. The minimum atomic E-state index is 0.168. The van der Waals surface area contributed by atoms with Crippen molar-refractivity contribution in [2.75, 3.05) is 0 Å². The second-order valence-corrected chi connectivity index (χ2v) is 3.50. The van der Waals surface area contributed by atoms with Crippen molar-refractivity contribution >= 4 is 5.78 Å². The van der Waals surface area contributed by atoms with Gasteiger partial charge in [0.15, 0.2) is 0 Å². The van der Waals surface area contributed by atoms with Gasteiger partial charge in [0, 0.05) is 6.42 Å². The third kappa shape index (κ3) is 6.18. The Morgan fingerprint density at radius 1 is 1.14 bits per heavy atom. The van der Waals surface area contributed by atoms with Crippen molar-refractivity contribution in [3.05, 3.63) is 48.1 Å². The molecule has 0 spiro atoms. The minimum absolute atomic E-state index is 0.168. The summed E-state index contributed by atoms with van der Waals surface area (Å²) in [6.45, 7) is 13.1. The fourth-order valence-electron chi connectivity index (χ4n) is 0.802. The largest absolute Gasteiger partial charge is 0.300 e. The van der Waals surface area contributed by atoms with Gasteiger partial charge in [-0.15, -0.1) is 0 Å². The first-order valence-corrected chi connectivity index (χ1v) is 4.62. The van der Waals surface area contributed by atoms with Crippen LogP contribution in [0.3, 0.4) is 0 Å². The molecule has 0 radical (unpaired) electrons. The van der Waals surface area contributed by atoms with E-state index < -0.39 is 0 Å². The average molecular weight is 190 g/mol. The maximum absolute atomic E-state index is 10.7. The molecule has 0 bridgehead atoms. The van der Waals surface area contributed by atoms with Crippen molar-refractivity contribution in [1.82, 2.24) is 0 Å². The Labute approximate surface area is 86.5 Å². The fraction of sp³-hybridized carbons (Fsp3) is 0.308. The third-order valence-electron chi connectivity index (χ3n) is 1.77. The second kappa shape index (κ2) is 6.14. The Kier molecular flexibility index (Phi) is 5.54. The number of allylic oxidation sites excluding steroid dienone is 6. The Morgan fingerprint density at radius 3 is 2.14 bits per heavy atom. The molecule has 0 aliphatic heterocycles. The quantitative estimate of drug-likeness (QED) is 0.605. The molecule has 0 aliphatic carbocycles. The van der Waals surface area contributed by atoms with Crippen LogP contribution >= 0.6 is 0 Å². The van der Waals surface area contributed by atoms with Gasteiger partial charge in [0.25, 0.3) is 0 Å². The van der Waals surface area contributed by atoms with Crippen molar-refractivity contribution in [2.45, 2.75) is 27.2 Å². The molecule has 0 atom stereocenters. The van der Waals surface area contributed by atoms with E-state index >= 15 is 0 Å². The van der Waals surface area contributed by atoms with Crippen LogP contribution in [0.4, 0.5) is 0 Å². The lowest BCUT2D eigenvalue weighted by molar-refractivity contribution is -0.116. The Hall–Kier alpha value is -1.37. The van der Waals surface area contributed by atoms with Gasteiger partial charge in [-0.2, -0.15) is 0 Å². The zero-order valence-corrected chi connectivity index (χ0v) is 9.26. The predicted molar refractivity (Wildman–Crippen MR) is 62.1 cm³/mol. The average Bonchev–Trinajstić information content (AvgIpc) is 2.09. The van der Waals surface area contributed by atoms with E-state index in [1.807, 2.05) is 32.1 Å². The maximum Gasteiger partial charge on any atom is 0.133 e. The third-order valence-corrected chi connectivity index (χ3v) is 1.77. The molecule has 0 aromatic heterocycles. The molecule has 0 aliphatic rings. The van der Waals surface area contributed by atoms with Crippen LogP contribution in [0.25, 0.3) is 0 Å². The smallest absolute Gasteiger partial charge is 0.133 e. The lowest BCUT2D eigenvalue weighted by atomic mass is 10.1. The van der Waals surface area contributed by atoms with Crippen molar-refractivity contribution in [1.29, 1.82) is 0 Å². The number of hydrogen-bond acceptors (Lipinski definition) is 1. The predicted octanol–water partition coefficient (Wildman–Crippen LogP) is 3.60.